The molecule has 0 bridgehead atoms. The van der Waals surface area contributed by atoms with Crippen molar-refractivity contribution in [2.45, 2.75) is 145 Å². The number of hydrogen-bond acceptors (Lipinski definition) is 2. The quantitative estimate of drug-likeness (QED) is 0.0697. The molecule has 0 fully saturated rings. The van der Waals surface area contributed by atoms with E-state index in [0.29, 0.717) is 24.2 Å². The first-order valence-electron chi connectivity index (χ1n) is 16.2. The van der Waals surface area contributed by atoms with Crippen molar-refractivity contribution in [3.8, 4) is 0 Å². The molecule has 0 aromatic heterocycles. The third-order valence-electron chi connectivity index (χ3n) is 4.52. The van der Waals surface area contributed by atoms with Crippen LogP contribution >= 0.6 is 37.2 Å². The SMILES string of the molecule is CC(C)[N-]CCC[N-]C(C)C.CC(C)[N-]CCC[N-]C(C)C.CCCNCCCNCCC.[CH2-]CCC.[Cl][Ti]([Cl])([Cl])[Cl].[Li+].[Ti+4]. The molecule has 0 aromatic rings. The second-order valence-corrected chi connectivity index (χ2v) is 26.3. The molecule has 2 N–H and O–H groups in total. The maximum Gasteiger partial charge on any atom is 4.00 e. The molecule has 0 aliphatic rings. The molecular formula is C31H71Cl4LiN6Ti2. The van der Waals surface area contributed by atoms with Gasteiger partial charge in [0.2, 0.25) is 0 Å². The molecule has 0 aliphatic carbocycles. The number of halogens is 4. The average Bonchev–Trinajstić information content (AvgIpc) is 2.87. The van der Waals surface area contributed by atoms with E-state index in [1.54, 1.807) is 0 Å². The molecule has 0 amide bonds. The van der Waals surface area contributed by atoms with E-state index < -0.39 is 12.3 Å². The van der Waals surface area contributed by atoms with Gasteiger partial charge in [0.15, 0.2) is 0 Å². The van der Waals surface area contributed by atoms with Crippen molar-refractivity contribution in [2.24, 2.45) is 0 Å². The van der Waals surface area contributed by atoms with Crippen LogP contribution in [-0.2, 0) is 34.1 Å². The second kappa shape index (κ2) is 52.8. The Balaban J connectivity index is -0.0000000804. The summed E-state index contributed by atoms with van der Waals surface area (Å²) in [5, 5.41) is 24.2. The van der Waals surface area contributed by atoms with Crippen molar-refractivity contribution >= 4 is 37.2 Å². The zero-order valence-corrected chi connectivity index (χ0v) is 37.1. The summed E-state index contributed by atoms with van der Waals surface area (Å²) in [4.78, 5) is 0. The first-order chi connectivity index (χ1) is 19.6. The fourth-order valence-electron chi connectivity index (χ4n) is 2.48. The minimum atomic E-state index is -3.11. The molecule has 6 nitrogen and oxygen atoms in total. The van der Waals surface area contributed by atoms with Crippen molar-refractivity contribution in [1.29, 1.82) is 0 Å². The Bertz CT molecular complexity index is 398. The summed E-state index contributed by atoms with van der Waals surface area (Å²) in [6.45, 7) is 35.5. The molecule has 0 saturated heterocycles. The monoisotopic (exact) mass is 770 g/mol. The maximum atomic E-state index is 5.01. The number of hydrogen-bond donors (Lipinski definition) is 2. The van der Waals surface area contributed by atoms with Crippen LogP contribution in [0.25, 0.3) is 21.3 Å². The van der Waals surface area contributed by atoms with Crippen molar-refractivity contribution in [2.75, 3.05) is 52.4 Å². The van der Waals surface area contributed by atoms with Gasteiger partial charge >= 0.3 is 90.1 Å². The van der Waals surface area contributed by atoms with Gasteiger partial charge in [-0.25, -0.2) is 0 Å². The van der Waals surface area contributed by atoms with Crippen LogP contribution in [0.3, 0.4) is 0 Å². The molecule has 0 aromatic carbocycles. The smallest absolute Gasteiger partial charge is 1.00 e. The predicted molar refractivity (Wildman–Crippen MR) is 197 cm³/mol. The van der Waals surface area contributed by atoms with E-state index in [1.165, 1.54) is 25.7 Å². The van der Waals surface area contributed by atoms with Gasteiger partial charge < -0.3 is 38.8 Å². The molecule has 0 spiro atoms. The third kappa shape index (κ3) is 111. The number of unbranched alkanes of at least 4 members (excludes halogenated alkanes) is 1. The van der Waals surface area contributed by atoms with Crippen molar-refractivity contribution in [3.63, 3.8) is 0 Å². The Morgan fingerprint density at radius 1 is 0.523 bits per heavy atom. The van der Waals surface area contributed by atoms with E-state index in [2.05, 4.69) is 115 Å². The van der Waals surface area contributed by atoms with Crippen LogP contribution in [0, 0.1) is 6.92 Å². The predicted octanol–water partition coefficient (Wildman–Crippen LogP) is 8.63. The Kier molecular flexibility index (Phi) is 74.5. The van der Waals surface area contributed by atoms with Crippen LogP contribution in [0.5, 0.6) is 0 Å². The van der Waals surface area contributed by atoms with Crippen molar-refractivity contribution < 1.29 is 52.9 Å². The first kappa shape index (κ1) is 62.1. The Hall–Kier alpha value is 2.95. The molecule has 262 valence electrons. The van der Waals surface area contributed by atoms with Gasteiger partial charge in [0.05, 0.1) is 0 Å². The molecule has 0 radical (unpaired) electrons. The van der Waals surface area contributed by atoms with Gasteiger partial charge in [-0.3, -0.25) is 0 Å². The van der Waals surface area contributed by atoms with Crippen molar-refractivity contribution in [1.82, 2.24) is 10.6 Å². The minimum Gasteiger partial charge on any atom is 1.00 e. The van der Waals surface area contributed by atoms with Gasteiger partial charge in [-0.2, -0.15) is 32.6 Å². The van der Waals surface area contributed by atoms with Gasteiger partial charge in [0.1, 0.15) is 0 Å². The second-order valence-electron chi connectivity index (χ2n) is 10.8. The number of nitrogens with one attached hydrogen (secondary N) is 2. The Morgan fingerprint density at radius 3 is 0.909 bits per heavy atom. The third-order valence-corrected chi connectivity index (χ3v) is 4.52. The normalized spacial score (nSPS) is 10.4. The van der Waals surface area contributed by atoms with E-state index in [1.807, 2.05) is 0 Å². The standard InChI is InChI=1S/2C9H20N2.C9H22N2.C4H9.4ClH.Li.2Ti/c2*1-8(2)10-6-5-7-11-9(3)4;1-3-6-10-8-5-9-11-7-4-2;1-3-4-2;;;;;;;/h2*8-9H,5-7H2,1-4H3;10-11H,3-9H2,1-2H3;1,3-4H2,2H3;4*1H;;;/q2*-2;;-1;;;;;+1;2*+4/p-4. The zero-order chi connectivity index (χ0) is 33.7. The van der Waals surface area contributed by atoms with E-state index in [0.717, 1.165) is 71.6 Å². The maximum absolute atomic E-state index is 5.01. The summed E-state index contributed by atoms with van der Waals surface area (Å²) in [6.07, 6.45) is 8.22. The van der Waals surface area contributed by atoms with E-state index >= 15 is 0 Å². The van der Waals surface area contributed by atoms with Crippen LogP contribution in [0.2, 0.25) is 0 Å². The summed E-state index contributed by atoms with van der Waals surface area (Å²) < 4.78 is 0. The number of rotatable bonds is 21. The van der Waals surface area contributed by atoms with Gasteiger partial charge in [-0.1, -0.05) is 95.4 Å². The summed E-state index contributed by atoms with van der Waals surface area (Å²) in [5.74, 6) is 0. The molecule has 0 atom stereocenters. The summed E-state index contributed by atoms with van der Waals surface area (Å²) >= 11 is -3.11. The van der Waals surface area contributed by atoms with E-state index in [4.69, 9.17) is 37.2 Å². The number of nitrogens with zero attached hydrogens (tertiary/aromatic N) is 4. The fraction of sp³-hybridized carbons (Fsp3) is 0.968. The summed E-state index contributed by atoms with van der Waals surface area (Å²) in [6, 6.07) is 1.92. The minimum absolute atomic E-state index is 0. The van der Waals surface area contributed by atoms with Crippen LogP contribution in [-0.4, -0.2) is 76.5 Å². The molecular weight excluding hydrogens is 701 g/mol. The topological polar surface area (TPSA) is 80.5 Å². The van der Waals surface area contributed by atoms with E-state index in [-0.39, 0.29) is 40.6 Å². The van der Waals surface area contributed by atoms with Crippen molar-refractivity contribution in [3.05, 3.63) is 28.2 Å². The van der Waals surface area contributed by atoms with Crippen LogP contribution in [0.1, 0.15) is 121 Å². The average molecular weight is 772 g/mol. The Labute approximate surface area is 323 Å². The van der Waals surface area contributed by atoms with Gasteiger partial charge in [0, 0.05) is 0 Å². The fourth-order valence-corrected chi connectivity index (χ4v) is 2.48. The molecule has 44 heavy (non-hydrogen) atoms. The van der Waals surface area contributed by atoms with Crippen LogP contribution < -0.4 is 29.5 Å². The molecule has 13 heteroatoms. The van der Waals surface area contributed by atoms with Crippen LogP contribution in [0.4, 0.5) is 0 Å². The Morgan fingerprint density at radius 2 is 0.750 bits per heavy atom. The van der Waals surface area contributed by atoms with Gasteiger partial charge in [-0.05, 0) is 45.4 Å². The molecule has 0 heterocycles. The van der Waals surface area contributed by atoms with E-state index in [9.17, 15) is 0 Å². The molecule has 0 aliphatic heterocycles. The molecule has 0 unspecified atom stereocenters. The molecule has 0 saturated carbocycles. The largest absolute Gasteiger partial charge is 4.00 e. The summed E-state index contributed by atoms with van der Waals surface area (Å²) in [7, 11) is 20.1. The summed E-state index contributed by atoms with van der Waals surface area (Å²) in [5.41, 5.74) is 0. The first-order valence-corrected chi connectivity index (χ1v) is 24.8. The van der Waals surface area contributed by atoms with Crippen LogP contribution in [0.15, 0.2) is 0 Å². The zero-order valence-electron chi connectivity index (χ0n) is 30.9. The van der Waals surface area contributed by atoms with Gasteiger partial charge in [-0.15, -0.1) is 24.2 Å². The molecule has 0 rings (SSSR count). The van der Waals surface area contributed by atoms with Gasteiger partial charge in [0.25, 0.3) is 0 Å².